The summed E-state index contributed by atoms with van der Waals surface area (Å²) in [5.41, 5.74) is 9.42. The van der Waals surface area contributed by atoms with Crippen molar-refractivity contribution in [1.29, 1.82) is 0 Å². The molecule has 0 radical (unpaired) electrons. The highest BCUT2D eigenvalue weighted by atomic mass is 16.5. The van der Waals surface area contributed by atoms with Gasteiger partial charge in [0.05, 0.1) is 22.4 Å². The van der Waals surface area contributed by atoms with Gasteiger partial charge in [-0.3, -0.25) is 4.99 Å². The van der Waals surface area contributed by atoms with E-state index < -0.39 is 0 Å². The monoisotopic (exact) mass is 545 g/mol. The minimum atomic E-state index is 0.0831. The Morgan fingerprint density at radius 1 is 0.780 bits per heavy atom. The molecule has 0 saturated carbocycles. The van der Waals surface area contributed by atoms with Crippen molar-refractivity contribution in [3.63, 3.8) is 0 Å². The van der Waals surface area contributed by atoms with Crippen molar-refractivity contribution in [3.8, 4) is 34.0 Å². The van der Waals surface area contributed by atoms with E-state index in [0.717, 1.165) is 75.8 Å². The van der Waals surface area contributed by atoms with Gasteiger partial charge in [-0.25, -0.2) is 4.98 Å². The minimum Gasteiger partial charge on any atom is -0.508 e. The van der Waals surface area contributed by atoms with Crippen molar-refractivity contribution < 1.29 is 9.84 Å². The number of H-pyrrole nitrogens is 1. The molecular formula is C34H35N5O2. The van der Waals surface area contributed by atoms with Crippen LogP contribution in [0.3, 0.4) is 0 Å². The Kier molecular flexibility index (Phi) is 7.30. The number of benzene rings is 4. The molecule has 6 rings (SSSR count). The van der Waals surface area contributed by atoms with Crippen molar-refractivity contribution in [2.24, 2.45) is 4.99 Å². The van der Waals surface area contributed by atoms with Gasteiger partial charge < -0.3 is 24.6 Å². The molecule has 0 atom stereocenters. The van der Waals surface area contributed by atoms with Crippen LogP contribution in [-0.2, 0) is 6.42 Å². The number of imidazole rings is 1. The van der Waals surface area contributed by atoms with E-state index in [-0.39, 0.29) is 11.9 Å². The second kappa shape index (κ2) is 11.2. The van der Waals surface area contributed by atoms with Crippen LogP contribution < -0.4 is 4.74 Å². The summed E-state index contributed by atoms with van der Waals surface area (Å²) in [5, 5.41) is 9.61. The maximum Gasteiger partial charge on any atom is 0.138 e. The Balaban J connectivity index is 1.20. The number of likely N-dealkylation sites (N-methyl/N-ethyl adjacent to an activating group) is 2. The number of aromatic hydroxyl groups is 1. The number of phenols is 1. The van der Waals surface area contributed by atoms with Crippen LogP contribution in [0, 0.1) is 0 Å². The summed E-state index contributed by atoms with van der Waals surface area (Å²) < 4.78 is 6.29. The Morgan fingerprint density at radius 3 is 2.12 bits per heavy atom. The van der Waals surface area contributed by atoms with Crippen molar-refractivity contribution in [2.75, 3.05) is 41.3 Å². The van der Waals surface area contributed by atoms with Gasteiger partial charge in [0.2, 0.25) is 0 Å². The van der Waals surface area contributed by atoms with Crippen LogP contribution in [0.5, 0.6) is 11.5 Å². The van der Waals surface area contributed by atoms with Gasteiger partial charge in [0.25, 0.3) is 0 Å². The lowest BCUT2D eigenvalue weighted by atomic mass is 10.00. The first kappa shape index (κ1) is 26.7. The summed E-state index contributed by atoms with van der Waals surface area (Å²) in [5.74, 6) is 1.95. The van der Waals surface area contributed by atoms with Crippen LogP contribution in [-0.4, -0.2) is 78.0 Å². The fourth-order valence-corrected chi connectivity index (χ4v) is 5.34. The first-order valence-corrected chi connectivity index (χ1v) is 13.9. The second-order valence-corrected chi connectivity index (χ2v) is 11.2. The maximum absolute atomic E-state index is 9.61. The number of hydrogen-bond acceptors (Lipinski definition) is 6. The number of hydrogen-bond donors (Lipinski definition) is 2. The smallest absolute Gasteiger partial charge is 0.138 e. The van der Waals surface area contributed by atoms with E-state index in [1.165, 1.54) is 5.56 Å². The zero-order valence-electron chi connectivity index (χ0n) is 23.9. The second-order valence-electron chi connectivity index (χ2n) is 11.2. The van der Waals surface area contributed by atoms with Crippen LogP contribution in [0.1, 0.15) is 11.1 Å². The van der Waals surface area contributed by atoms with Crippen LogP contribution in [0.25, 0.3) is 33.5 Å². The molecule has 5 aromatic rings. The van der Waals surface area contributed by atoms with Gasteiger partial charge in [0.1, 0.15) is 23.4 Å². The number of rotatable bonds is 9. The molecule has 2 N–H and O–H groups in total. The Hall–Kier alpha value is -4.46. The predicted molar refractivity (Wildman–Crippen MR) is 166 cm³/mol. The van der Waals surface area contributed by atoms with E-state index in [1.807, 2.05) is 24.3 Å². The Bertz CT molecular complexity index is 1690. The number of nitrogens with one attached hydrogen (secondary N) is 1. The predicted octanol–water partition coefficient (Wildman–Crippen LogP) is 6.15. The molecule has 4 aromatic carbocycles. The lowest BCUT2D eigenvalue weighted by Crippen LogP contribution is -2.38. The molecule has 1 aliphatic heterocycles. The average Bonchev–Trinajstić information content (AvgIpc) is 3.56. The molecule has 0 spiro atoms. The largest absolute Gasteiger partial charge is 0.508 e. The highest BCUT2D eigenvalue weighted by Gasteiger charge is 2.18. The summed E-state index contributed by atoms with van der Waals surface area (Å²) in [6, 6.07) is 28.2. The third-order valence-corrected chi connectivity index (χ3v) is 7.28. The van der Waals surface area contributed by atoms with Crippen molar-refractivity contribution in [3.05, 3.63) is 96.1 Å². The molecule has 41 heavy (non-hydrogen) atoms. The molecule has 1 aliphatic rings. The molecule has 0 fully saturated rings. The van der Waals surface area contributed by atoms with E-state index in [1.54, 1.807) is 12.1 Å². The molecule has 0 unspecified atom stereocenters. The Morgan fingerprint density at radius 2 is 1.41 bits per heavy atom. The molecular weight excluding hydrogens is 510 g/mol. The number of aromatic amines is 1. The van der Waals surface area contributed by atoms with E-state index >= 15 is 0 Å². The van der Waals surface area contributed by atoms with E-state index in [0.29, 0.717) is 0 Å². The topological polar surface area (TPSA) is 77.0 Å². The van der Waals surface area contributed by atoms with Crippen LogP contribution in [0.4, 0.5) is 5.69 Å². The third kappa shape index (κ3) is 6.01. The SMILES string of the molecule is CN(C)CC(CN(C)C)Oc1ccc(-c2nc3ccc(-c4ccc5c(c4)N=C(c4ccc(O)cc4)C5)cc3[nH]2)cc1. The van der Waals surface area contributed by atoms with Gasteiger partial charge in [0.15, 0.2) is 0 Å². The van der Waals surface area contributed by atoms with Crippen LogP contribution in [0.15, 0.2) is 89.9 Å². The van der Waals surface area contributed by atoms with Gasteiger partial charge in [-0.15, -0.1) is 0 Å². The van der Waals surface area contributed by atoms with E-state index in [2.05, 4.69) is 91.5 Å². The molecule has 0 aliphatic carbocycles. The lowest BCUT2D eigenvalue weighted by Gasteiger charge is -2.25. The van der Waals surface area contributed by atoms with Gasteiger partial charge in [0, 0.05) is 25.1 Å². The van der Waals surface area contributed by atoms with E-state index in [4.69, 9.17) is 14.7 Å². The summed E-state index contributed by atoms with van der Waals surface area (Å²) in [7, 11) is 8.26. The van der Waals surface area contributed by atoms with Crippen LogP contribution >= 0.6 is 0 Å². The van der Waals surface area contributed by atoms with Crippen molar-refractivity contribution in [2.45, 2.75) is 12.5 Å². The Labute approximate surface area is 240 Å². The van der Waals surface area contributed by atoms with Gasteiger partial charge in [-0.2, -0.15) is 0 Å². The van der Waals surface area contributed by atoms with Crippen molar-refractivity contribution >= 4 is 22.4 Å². The standard InChI is InChI=1S/C34H35N5O2/c1-38(2)20-29(21-39(3)4)41-28-14-9-23(10-15-28)34-36-30-16-11-25(18-33(30)37-34)24-5-6-26-19-31(35-32(26)17-24)22-7-12-27(40)13-8-22/h5-18,29,40H,19-21H2,1-4H3,(H,36,37). The molecule has 2 heterocycles. The van der Waals surface area contributed by atoms with Crippen molar-refractivity contribution in [1.82, 2.24) is 19.8 Å². The molecule has 208 valence electrons. The average molecular weight is 546 g/mol. The first-order valence-electron chi connectivity index (χ1n) is 13.9. The number of aromatic nitrogens is 2. The number of aliphatic imine (C=N–C) groups is 1. The normalized spacial score (nSPS) is 12.9. The molecule has 1 aromatic heterocycles. The number of ether oxygens (including phenoxy) is 1. The molecule has 0 bridgehead atoms. The summed E-state index contributed by atoms with van der Waals surface area (Å²) in [4.78, 5) is 17.5. The molecule has 0 saturated heterocycles. The lowest BCUT2D eigenvalue weighted by molar-refractivity contribution is 0.128. The summed E-state index contributed by atoms with van der Waals surface area (Å²) in [6.45, 7) is 1.70. The molecule has 7 nitrogen and oxygen atoms in total. The highest BCUT2D eigenvalue weighted by molar-refractivity contribution is 6.06. The zero-order valence-corrected chi connectivity index (χ0v) is 23.9. The molecule has 7 heteroatoms. The highest BCUT2D eigenvalue weighted by Crippen LogP contribution is 2.35. The first-order chi connectivity index (χ1) is 19.8. The summed E-state index contributed by atoms with van der Waals surface area (Å²) in [6.07, 6.45) is 0.874. The maximum atomic E-state index is 9.61. The number of nitrogens with zero attached hydrogens (tertiary/aromatic N) is 4. The summed E-state index contributed by atoms with van der Waals surface area (Å²) >= 11 is 0. The van der Waals surface area contributed by atoms with Gasteiger partial charge >= 0.3 is 0 Å². The van der Waals surface area contributed by atoms with Crippen LogP contribution in [0.2, 0.25) is 0 Å². The number of fused-ring (bicyclic) bond motifs is 2. The zero-order chi connectivity index (χ0) is 28.5. The fourth-order valence-electron chi connectivity index (χ4n) is 5.34. The van der Waals surface area contributed by atoms with Gasteiger partial charge in [-0.1, -0.05) is 18.2 Å². The number of phenolic OH excluding ortho intramolecular Hbond substituents is 1. The van der Waals surface area contributed by atoms with Gasteiger partial charge in [-0.05, 0) is 117 Å². The fraction of sp³-hybridized carbons (Fsp3) is 0.235. The third-order valence-electron chi connectivity index (χ3n) is 7.28. The molecule has 0 amide bonds. The van der Waals surface area contributed by atoms with E-state index in [9.17, 15) is 5.11 Å². The minimum absolute atomic E-state index is 0.0831. The quantitative estimate of drug-likeness (QED) is 0.232.